The molecular weight excluding hydrogens is 1200 g/mol. The lowest BCUT2D eigenvalue weighted by molar-refractivity contribution is -0.372. The Hall–Kier alpha value is -1.24. The van der Waals surface area contributed by atoms with Crippen molar-refractivity contribution < 1.29 is 186 Å². The fourth-order valence-electron chi connectivity index (χ4n) is 6.48. The van der Waals surface area contributed by atoms with Crippen molar-refractivity contribution in [3.63, 3.8) is 0 Å². The summed E-state index contributed by atoms with van der Waals surface area (Å²) in [5.41, 5.74) is 0. The van der Waals surface area contributed by atoms with Gasteiger partial charge in [0.05, 0.1) is 126 Å². The molecule has 47 heteroatoms. The number of amides is 2. The minimum absolute atomic E-state index is 0.0549. The third kappa shape index (κ3) is 31.1. The van der Waals surface area contributed by atoms with Crippen LogP contribution in [0.2, 0.25) is 0 Å². The van der Waals surface area contributed by atoms with E-state index in [0.29, 0.717) is 0 Å². The lowest BCUT2D eigenvalue weighted by Crippen LogP contribution is -2.66. The van der Waals surface area contributed by atoms with Crippen LogP contribution in [-0.4, -0.2) is 211 Å². The van der Waals surface area contributed by atoms with Crippen molar-refractivity contribution in [1.82, 2.24) is 10.6 Å². The second-order valence-corrected chi connectivity index (χ2v) is 21.6. The molecule has 2 saturated carbocycles. The van der Waals surface area contributed by atoms with Gasteiger partial charge in [-0.25, -0.2) is 9.59 Å². The molecule has 0 heterocycles. The Labute approximate surface area is 433 Å². The summed E-state index contributed by atoms with van der Waals surface area (Å²) in [4.78, 5) is 159. The zero-order chi connectivity index (χ0) is 58.4. The molecule has 0 bridgehead atoms. The minimum atomic E-state index is -6.18. The van der Waals surface area contributed by atoms with E-state index in [9.17, 15) is 116 Å². The molecule has 456 valence electrons. The van der Waals surface area contributed by atoms with E-state index in [0.717, 1.165) is 0 Å². The number of alkyl carbamates (subject to hydrolysis) is 2. The first kappa shape index (κ1) is 71.9. The van der Waals surface area contributed by atoms with Gasteiger partial charge < -0.3 is 187 Å². The summed E-state index contributed by atoms with van der Waals surface area (Å²) in [5, 5.41) is 46.3. The van der Waals surface area contributed by atoms with Crippen LogP contribution in [-0.2, 0) is 97.2 Å². The van der Waals surface area contributed by atoms with Crippen molar-refractivity contribution in [3.8, 4) is 0 Å². The van der Waals surface area contributed by atoms with Crippen molar-refractivity contribution in [2.75, 3.05) is 106 Å². The molecule has 0 saturated heterocycles. The molecule has 77 heavy (non-hydrogen) atoms. The maximum Gasteiger partial charge on any atom is 0.407 e. The van der Waals surface area contributed by atoms with Gasteiger partial charge in [0, 0.05) is 13.1 Å². The number of aliphatic hydroxyl groups is 4. The Morgan fingerprint density at radius 3 is 0.701 bits per heavy atom. The number of aliphatic hydroxyl groups excluding tert-OH is 4. The van der Waals surface area contributed by atoms with Crippen LogP contribution in [0, 0.1) is 0 Å². The predicted molar refractivity (Wildman–Crippen MR) is 211 cm³/mol. The van der Waals surface area contributed by atoms with Gasteiger partial charge >= 0.3 is 12.2 Å². The molecular formula is C30H50N2O39P6-12. The molecule has 0 spiro atoms. The maximum absolute atomic E-state index is 12.0. The van der Waals surface area contributed by atoms with E-state index in [4.69, 9.17) is 42.6 Å². The van der Waals surface area contributed by atoms with Crippen LogP contribution >= 0.6 is 46.9 Å². The van der Waals surface area contributed by atoms with Gasteiger partial charge in [-0.3, -0.25) is 0 Å². The summed E-state index contributed by atoms with van der Waals surface area (Å²) in [6.07, 6.45) is -33.6. The second kappa shape index (κ2) is 33.8. The van der Waals surface area contributed by atoms with Crippen LogP contribution in [0.15, 0.2) is 0 Å². The molecule has 2 fully saturated rings. The van der Waals surface area contributed by atoms with Crippen LogP contribution in [0.1, 0.15) is 0 Å². The van der Waals surface area contributed by atoms with E-state index >= 15 is 0 Å². The van der Waals surface area contributed by atoms with Crippen molar-refractivity contribution in [2.24, 2.45) is 0 Å². The highest BCUT2D eigenvalue weighted by atomic mass is 31.2. The SMILES string of the molecule is O=C(NCCO[C@@H]1[C@H](O)[C@@H](OP(=O)([O-])[O-])[C@H](OP(=O)([O-])[O-])[C@@H](O)[C@@H]1OP(=O)([O-])[O-])OCCOCCOCCOCCOCCOCCOC(=O)NCCO[C@@H]1[C@H](O)[C@@H](OP(=O)([O-])[O-])[C@H](OP(=O)([O-])[O-])[C@@H](O)[C@@H]1OP(=O)([O-])[O-]. The largest absolute Gasteiger partial charge is 0.790 e. The van der Waals surface area contributed by atoms with Crippen molar-refractivity contribution >= 4 is 59.1 Å². The average molecular weight is 1250 g/mol. The van der Waals surface area contributed by atoms with Gasteiger partial charge in [0.15, 0.2) is 0 Å². The van der Waals surface area contributed by atoms with Crippen molar-refractivity contribution in [2.45, 2.75) is 73.2 Å². The average Bonchev–Trinajstić information content (AvgIpc) is 3.27. The zero-order valence-electron chi connectivity index (χ0n) is 39.0. The quantitative estimate of drug-likeness (QED) is 0.0247. The summed E-state index contributed by atoms with van der Waals surface area (Å²) in [6.45, 7) is -2.43. The van der Waals surface area contributed by atoms with Gasteiger partial charge in [0.1, 0.15) is 86.5 Å². The monoisotopic (exact) mass is 1250 g/mol. The standard InChI is InChI=1S/C30H62N2O39P6/c33-17-21(23(66-72(39,40)41)19(35)27(70-76(51,52)53)25(17)68-74(45,46)47)62-3-1-31-29(37)64-15-13-60-11-9-58-7-5-57-6-8-59-10-12-61-14-16-65-30(38)32-2-4-63-22-18(34)26(69-75(48,49)50)28(71-77(54,55)56)20(36)24(22)67-73(42,43)44/h17-28,33-36H,1-16H2,(H,31,37)(H,32,38)(H2,39,40,41)(H2,42,43,44)(H2,45,46,47)(H2,48,49,50)(H2,51,52,53)(H2,54,55,56)/p-12/t17-,18-,19-,20-,21+,22+,23-,24-,25+,26+,27+,28+/m0/s1. The van der Waals surface area contributed by atoms with Gasteiger partial charge in [-0.1, -0.05) is 0 Å². The topological polar surface area (TPSA) is 657 Å². The van der Waals surface area contributed by atoms with Gasteiger partial charge in [-0.05, 0) is 0 Å². The summed E-state index contributed by atoms with van der Waals surface area (Å²) < 4.78 is 138. The highest BCUT2D eigenvalue weighted by molar-refractivity contribution is 7.44. The molecule has 0 aromatic heterocycles. The van der Waals surface area contributed by atoms with Crippen LogP contribution in [0.5, 0.6) is 0 Å². The lowest BCUT2D eigenvalue weighted by Gasteiger charge is -2.52. The van der Waals surface area contributed by atoms with E-state index in [-0.39, 0.29) is 79.3 Å². The number of ether oxygens (including phenoxy) is 9. The Bertz CT molecular complexity index is 1910. The summed E-state index contributed by atoms with van der Waals surface area (Å²) in [6, 6.07) is 0. The number of phosphoric ester groups is 6. The van der Waals surface area contributed by atoms with Crippen LogP contribution in [0.4, 0.5) is 9.59 Å². The van der Waals surface area contributed by atoms with E-state index in [1.807, 2.05) is 0 Å². The fourth-order valence-corrected chi connectivity index (χ4v) is 9.74. The molecule has 6 N–H and O–H groups in total. The Morgan fingerprint density at radius 1 is 0.312 bits per heavy atom. The summed E-state index contributed by atoms with van der Waals surface area (Å²) >= 11 is 0. The van der Waals surface area contributed by atoms with Gasteiger partial charge in [0.25, 0.3) is 0 Å². The molecule has 2 aliphatic carbocycles. The maximum atomic E-state index is 12.0. The first-order valence-electron chi connectivity index (χ1n) is 21.4. The third-order valence-corrected chi connectivity index (χ3v) is 12.3. The smallest absolute Gasteiger partial charge is 0.407 e. The highest BCUT2D eigenvalue weighted by Crippen LogP contribution is 2.46. The number of carbonyl (C=O) groups excluding carboxylic acids is 2. The van der Waals surface area contributed by atoms with E-state index < -0.39 is 159 Å². The van der Waals surface area contributed by atoms with E-state index in [1.165, 1.54) is 0 Å². The van der Waals surface area contributed by atoms with Crippen LogP contribution < -0.4 is 69.4 Å². The van der Waals surface area contributed by atoms with Crippen LogP contribution in [0.25, 0.3) is 0 Å². The number of hydrogen-bond acceptors (Lipinski definition) is 39. The van der Waals surface area contributed by atoms with Gasteiger partial charge in [-0.15, -0.1) is 0 Å². The molecule has 41 nitrogen and oxygen atoms in total. The fraction of sp³-hybridized carbons (Fsp3) is 0.933. The number of rotatable bonds is 38. The first-order valence-corrected chi connectivity index (χ1v) is 30.1. The molecule has 2 rings (SSSR count). The number of phosphoric acid groups is 6. The van der Waals surface area contributed by atoms with Gasteiger partial charge in [-0.2, -0.15) is 0 Å². The Balaban J connectivity index is 1.53. The lowest BCUT2D eigenvalue weighted by atomic mass is 9.85. The number of carbonyl (C=O) groups is 2. The molecule has 0 aliphatic heterocycles. The summed E-state index contributed by atoms with van der Waals surface area (Å²) in [7, 11) is -36.9. The van der Waals surface area contributed by atoms with E-state index in [2.05, 4.69) is 37.8 Å². The highest BCUT2D eigenvalue weighted by Gasteiger charge is 2.55. The zero-order valence-corrected chi connectivity index (χ0v) is 44.4. The van der Waals surface area contributed by atoms with Crippen molar-refractivity contribution in [3.05, 3.63) is 0 Å². The Kier molecular flexibility index (Phi) is 31.5. The first-order chi connectivity index (χ1) is 35.5. The molecule has 2 aliphatic rings. The normalized spacial score (nSPS) is 26.8. The molecule has 12 atom stereocenters. The predicted octanol–water partition coefficient (Wildman–Crippen LogP) is -14.0. The third-order valence-electron chi connectivity index (χ3n) is 9.27. The molecule has 0 aromatic rings. The molecule has 0 unspecified atom stereocenters. The molecule has 0 aromatic carbocycles. The minimum Gasteiger partial charge on any atom is -0.790 e. The second-order valence-electron chi connectivity index (χ2n) is 14.9. The molecule has 0 radical (unpaired) electrons. The molecule has 2 amide bonds. The number of nitrogens with one attached hydrogen (secondary N) is 2. The summed E-state index contributed by atoms with van der Waals surface area (Å²) in [5.74, 6) is 0. The van der Waals surface area contributed by atoms with Gasteiger partial charge in [0.2, 0.25) is 0 Å². The van der Waals surface area contributed by atoms with Crippen LogP contribution in [0.3, 0.4) is 0 Å². The Morgan fingerprint density at radius 2 is 0.494 bits per heavy atom. The number of hydrogen-bond donors (Lipinski definition) is 6. The van der Waals surface area contributed by atoms with Crippen molar-refractivity contribution in [1.29, 1.82) is 0 Å². The van der Waals surface area contributed by atoms with E-state index in [1.54, 1.807) is 0 Å².